The Morgan fingerprint density at radius 1 is 1.22 bits per heavy atom. The summed E-state index contributed by atoms with van der Waals surface area (Å²) in [4.78, 5) is 22.0. The average Bonchev–Trinajstić information content (AvgIpc) is 3.12. The lowest BCUT2D eigenvalue weighted by atomic mass is 10.1. The number of hydrogen-bond acceptors (Lipinski definition) is 3. The van der Waals surface area contributed by atoms with Crippen LogP contribution in [0.25, 0.3) is 0 Å². The molecule has 1 aliphatic rings. The van der Waals surface area contributed by atoms with E-state index in [1.807, 2.05) is 0 Å². The van der Waals surface area contributed by atoms with Crippen LogP contribution in [0, 0.1) is 0 Å². The highest BCUT2D eigenvalue weighted by molar-refractivity contribution is 5.92. The number of carboxylic acids is 1. The molecule has 3 N–H and O–H groups in total. The van der Waals surface area contributed by atoms with Crippen LogP contribution in [0.1, 0.15) is 18.4 Å². The Labute approximate surface area is 105 Å². The summed E-state index contributed by atoms with van der Waals surface area (Å²) in [5.74, 6) is -0.937. The van der Waals surface area contributed by atoms with Crippen molar-refractivity contribution in [1.29, 1.82) is 0 Å². The van der Waals surface area contributed by atoms with Gasteiger partial charge in [0.25, 0.3) is 0 Å². The molecule has 1 aliphatic carbocycles. The van der Waals surface area contributed by atoms with Crippen LogP contribution in [0.4, 0.5) is 5.69 Å². The van der Waals surface area contributed by atoms with Gasteiger partial charge in [-0.2, -0.15) is 0 Å². The molecule has 1 fully saturated rings. The van der Waals surface area contributed by atoms with Gasteiger partial charge < -0.3 is 15.7 Å². The molecule has 5 nitrogen and oxygen atoms in total. The van der Waals surface area contributed by atoms with Crippen LogP contribution in [-0.4, -0.2) is 29.6 Å². The van der Waals surface area contributed by atoms with E-state index in [2.05, 4.69) is 10.6 Å². The van der Waals surface area contributed by atoms with Crippen molar-refractivity contribution in [2.75, 3.05) is 11.9 Å². The lowest BCUT2D eigenvalue weighted by molar-refractivity contribution is -0.136. The molecular weight excluding hydrogens is 232 g/mol. The molecule has 1 aromatic rings. The zero-order chi connectivity index (χ0) is 13.0. The van der Waals surface area contributed by atoms with Crippen LogP contribution in [0.3, 0.4) is 0 Å². The van der Waals surface area contributed by atoms with Gasteiger partial charge in [0.05, 0.1) is 13.0 Å². The SMILES string of the molecule is O=C(O)Cc1ccc(NC(=O)CNC2CC2)cc1. The number of hydrogen-bond donors (Lipinski definition) is 3. The summed E-state index contributed by atoms with van der Waals surface area (Å²) in [6.07, 6.45) is 2.30. The smallest absolute Gasteiger partial charge is 0.307 e. The van der Waals surface area contributed by atoms with E-state index < -0.39 is 5.97 Å². The molecule has 0 unspecified atom stereocenters. The summed E-state index contributed by atoms with van der Waals surface area (Å²) >= 11 is 0. The van der Waals surface area contributed by atoms with Crippen molar-refractivity contribution in [3.63, 3.8) is 0 Å². The second-order valence-corrected chi connectivity index (χ2v) is 4.47. The van der Waals surface area contributed by atoms with Crippen molar-refractivity contribution in [3.05, 3.63) is 29.8 Å². The Bertz CT molecular complexity index is 438. The third-order valence-electron chi connectivity index (χ3n) is 2.72. The van der Waals surface area contributed by atoms with Gasteiger partial charge in [0.15, 0.2) is 0 Å². The molecule has 0 saturated heterocycles. The summed E-state index contributed by atoms with van der Waals surface area (Å²) in [7, 11) is 0. The van der Waals surface area contributed by atoms with E-state index >= 15 is 0 Å². The largest absolute Gasteiger partial charge is 0.481 e. The number of aliphatic carboxylic acids is 1. The molecule has 2 rings (SSSR count). The van der Waals surface area contributed by atoms with Crippen molar-refractivity contribution in [2.24, 2.45) is 0 Å². The molecule has 0 aliphatic heterocycles. The van der Waals surface area contributed by atoms with Crippen molar-refractivity contribution >= 4 is 17.6 Å². The maximum atomic E-state index is 11.5. The van der Waals surface area contributed by atoms with Gasteiger partial charge in [-0.05, 0) is 30.5 Å². The minimum absolute atomic E-state index is 0.00252. The maximum absolute atomic E-state index is 11.5. The van der Waals surface area contributed by atoms with Crippen LogP contribution in [0.5, 0.6) is 0 Å². The molecule has 1 aromatic carbocycles. The fourth-order valence-electron chi connectivity index (χ4n) is 1.61. The second kappa shape index (κ2) is 5.64. The molecular formula is C13H16N2O3. The molecule has 0 bridgehead atoms. The molecule has 0 spiro atoms. The summed E-state index contributed by atoms with van der Waals surface area (Å²) in [5, 5.41) is 14.5. The Morgan fingerprint density at radius 2 is 1.89 bits per heavy atom. The number of carbonyl (C=O) groups is 2. The average molecular weight is 248 g/mol. The van der Waals surface area contributed by atoms with E-state index in [0.29, 0.717) is 18.3 Å². The first-order valence-electron chi connectivity index (χ1n) is 5.97. The maximum Gasteiger partial charge on any atom is 0.307 e. The molecule has 0 heterocycles. The molecule has 0 atom stereocenters. The number of carboxylic acid groups (broad SMARTS) is 1. The number of rotatable bonds is 6. The van der Waals surface area contributed by atoms with Crippen LogP contribution in [0.2, 0.25) is 0 Å². The highest BCUT2D eigenvalue weighted by Crippen LogP contribution is 2.18. The van der Waals surface area contributed by atoms with E-state index in [4.69, 9.17) is 5.11 Å². The van der Waals surface area contributed by atoms with Crippen LogP contribution < -0.4 is 10.6 Å². The Balaban J connectivity index is 1.80. The highest BCUT2D eigenvalue weighted by atomic mass is 16.4. The standard InChI is InChI=1S/C13H16N2O3/c16-12(8-14-10-5-6-10)15-11-3-1-9(2-4-11)7-13(17)18/h1-4,10,14H,5-8H2,(H,15,16)(H,17,18). The monoisotopic (exact) mass is 248 g/mol. The molecule has 1 saturated carbocycles. The van der Waals surface area contributed by atoms with Crippen molar-refractivity contribution in [1.82, 2.24) is 5.32 Å². The van der Waals surface area contributed by atoms with Gasteiger partial charge in [-0.1, -0.05) is 12.1 Å². The van der Waals surface area contributed by atoms with E-state index in [-0.39, 0.29) is 12.3 Å². The van der Waals surface area contributed by atoms with E-state index in [1.54, 1.807) is 24.3 Å². The zero-order valence-electron chi connectivity index (χ0n) is 9.98. The molecule has 5 heteroatoms. The number of benzene rings is 1. The van der Waals surface area contributed by atoms with Crippen molar-refractivity contribution < 1.29 is 14.7 Å². The lowest BCUT2D eigenvalue weighted by Gasteiger charge is -2.06. The molecule has 0 radical (unpaired) electrons. The van der Waals surface area contributed by atoms with Crippen LogP contribution in [-0.2, 0) is 16.0 Å². The normalized spacial score (nSPS) is 14.2. The van der Waals surface area contributed by atoms with Gasteiger partial charge in [0.2, 0.25) is 5.91 Å². The third-order valence-corrected chi connectivity index (χ3v) is 2.72. The fourth-order valence-corrected chi connectivity index (χ4v) is 1.61. The molecule has 0 aromatic heterocycles. The zero-order valence-corrected chi connectivity index (χ0v) is 9.98. The number of nitrogens with one attached hydrogen (secondary N) is 2. The molecule has 1 amide bonds. The van der Waals surface area contributed by atoms with Gasteiger partial charge in [-0.3, -0.25) is 9.59 Å². The predicted molar refractivity (Wildman–Crippen MR) is 67.4 cm³/mol. The lowest BCUT2D eigenvalue weighted by Crippen LogP contribution is -2.29. The first-order valence-corrected chi connectivity index (χ1v) is 5.97. The van der Waals surface area contributed by atoms with Crippen molar-refractivity contribution in [3.8, 4) is 0 Å². The van der Waals surface area contributed by atoms with Gasteiger partial charge in [-0.25, -0.2) is 0 Å². The summed E-state index contributed by atoms with van der Waals surface area (Å²) in [6.45, 7) is 0.321. The number of carbonyl (C=O) groups excluding carboxylic acids is 1. The summed E-state index contributed by atoms with van der Waals surface area (Å²) in [5.41, 5.74) is 1.41. The Morgan fingerprint density at radius 3 is 2.44 bits per heavy atom. The first-order chi connectivity index (χ1) is 8.63. The van der Waals surface area contributed by atoms with Gasteiger partial charge in [0, 0.05) is 11.7 Å². The third kappa shape index (κ3) is 4.18. The summed E-state index contributed by atoms with van der Waals surface area (Å²) in [6, 6.07) is 7.35. The van der Waals surface area contributed by atoms with Crippen molar-refractivity contribution in [2.45, 2.75) is 25.3 Å². The van der Waals surface area contributed by atoms with E-state index in [9.17, 15) is 9.59 Å². The fraction of sp³-hybridized carbons (Fsp3) is 0.385. The first kappa shape index (κ1) is 12.6. The quantitative estimate of drug-likeness (QED) is 0.702. The van der Waals surface area contributed by atoms with Gasteiger partial charge >= 0.3 is 5.97 Å². The van der Waals surface area contributed by atoms with E-state index in [1.165, 1.54) is 0 Å². The Hall–Kier alpha value is -1.88. The van der Waals surface area contributed by atoms with Crippen LogP contribution in [0.15, 0.2) is 24.3 Å². The van der Waals surface area contributed by atoms with Gasteiger partial charge in [-0.15, -0.1) is 0 Å². The van der Waals surface area contributed by atoms with Gasteiger partial charge in [0.1, 0.15) is 0 Å². The minimum Gasteiger partial charge on any atom is -0.481 e. The number of anilines is 1. The predicted octanol–water partition coefficient (Wildman–Crippen LogP) is 1.00. The molecule has 18 heavy (non-hydrogen) atoms. The molecule has 96 valence electrons. The second-order valence-electron chi connectivity index (χ2n) is 4.47. The van der Waals surface area contributed by atoms with Crippen LogP contribution >= 0.6 is 0 Å². The van der Waals surface area contributed by atoms with E-state index in [0.717, 1.165) is 18.4 Å². The minimum atomic E-state index is -0.861. The Kier molecular flexibility index (Phi) is 3.94. The summed E-state index contributed by atoms with van der Waals surface area (Å²) < 4.78 is 0. The highest BCUT2D eigenvalue weighted by Gasteiger charge is 2.21. The number of amides is 1. The topological polar surface area (TPSA) is 78.4 Å².